The Hall–Kier alpha value is -3.06. The number of carbonyl (C=O) groups excluding carboxylic acids is 1. The smallest absolute Gasteiger partial charge is 0.257 e. The molecule has 0 unspecified atom stereocenters. The zero-order chi connectivity index (χ0) is 21.1. The molecular formula is C21H20ClFN2O4. The van der Waals surface area contributed by atoms with Gasteiger partial charge in [0.2, 0.25) is 0 Å². The number of benzene rings is 2. The summed E-state index contributed by atoms with van der Waals surface area (Å²) in [5, 5.41) is 6.88. The summed E-state index contributed by atoms with van der Waals surface area (Å²) in [6.07, 6.45) is 0. The van der Waals surface area contributed by atoms with Crippen LogP contribution in [0.5, 0.6) is 11.5 Å². The highest BCUT2D eigenvalue weighted by atomic mass is 35.5. The quantitative estimate of drug-likeness (QED) is 0.613. The van der Waals surface area contributed by atoms with Gasteiger partial charge in [-0.1, -0.05) is 28.9 Å². The lowest BCUT2D eigenvalue weighted by Gasteiger charge is -2.17. The van der Waals surface area contributed by atoms with Crippen molar-refractivity contribution in [2.24, 2.45) is 0 Å². The molecule has 0 aliphatic heterocycles. The molecule has 0 aliphatic rings. The predicted molar refractivity (Wildman–Crippen MR) is 107 cm³/mol. The van der Waals surface area contributed by atoms with Crippen LogP contribution in [-0.2, 0) is 0 Å². The van der Waals surface area contributed by atoms with Crippen molar-refractivity contribution in [3.8, 4) is 22.8 Å². The molecule has 6 nitrogen and oxygen atoms in total. The van der Waals surface area contributed by atoms with E-state index in [-0.39, 0.29) is 33.6 Å². The van der Waals surface area contributed by atoms with Gasteiger partial charge in [0.25, 0.3) is 5.91 Å². The number of aromatic nitrogens is 1. The zero-order valence-corrected chi connectivity index (χ0v) is 17.1. The number of carbonyl (C=O) groups is 1. The number of halogens is 2. The van der Waals surface area contributed by atoms with Crippen molar-refractivity contribution in [2.75, 3.05) is 14.2 Å². The first-order valence-corrected chi connectivity index (χ1v) is 9.18. The normalized spacial score (nSPS) is 11.8. The minimum absolute atomic E-state index is 0.0231. The van der Waals surface area contributed by atoms with Crippen molar-refractivity contribution in [3.05, 3.63) is 64.1 Å². The van der Waals surface area contributed by atoms with Gasteiger partial charge in [0.05, 0.1) is 30.8 Å². The Balaban J connectivity index is 1.92. The van der Waals surface area contributed by atoms with Gasteiger partial charge < -0.3 is 19.3 Å². The first kappa shape index (κ1) is 20.7. The Labute approximate surface area is 172 Å². The maximum atomic E-state index is 14.3. The summed E-state index contributed by atoms with van der Waals surface area (Å²) in [5.74, 6) is 0.344. The first-order valence-electron chi connectivity index (χ1n) is 8.80. The van der Waals surface area contributed by atoms with E-state index in [0.29, 0.717) is 11.5 Å². The standard InChI is InChI=1S/C21H20ClFN2O4/c1-11(13-8-9-16(27-3)17(10-13)28-4)24-21(26)18-12(2)29-25-20(18)19-14(22)6-5-7-15(19)23/h5-11H,1-4H3,(H,24,26)/t11-/m1/s1. The SMILES string of the molecule is COc1ccc([C@@H](C)NC(=O)c2c(-c3c(F)cccc3Cl)noc2C)cc1OC. The molecule has 2 aromatic carbocycles. The van der Waals surface area contributed by atoms with E-state index in [1.807, 2.05) is 13.0 Å². The van der Waals surface area contributed by atoms with Crippen molar-refractivity contribution in [1.29, 1.82) is 0 Å². The van der Waals surface area contributed by atoms with Crippen molar-refractivity contribution in [1.82, 2.24) is 10.5 Å². The van der Waals surface area contributed by atoms with Gasteiger partial charge in [-0.25, -0.2) is 4.39 Å². The second kappa shape index (κ2) is 8.53. The number of hydrogen-bond acceptors (Lipinski definition) is 5. The van der Waals surface area contributed by atoms with Crippen molar-refractivity contribution in [3.63, 3.8) is 0 Å². The van der Waals surface area contributed by atoms with E-state index in [1.54, 1.807) is 26.2 Å². The van der Waals surface area contributed by atoms with Gasteiger partial charge in [-0.3, -0.25) is 4.79 Å². The fourth-order valence-corrected chi connectivity index (χ4v) is 3.26. The lowest BCUT2D eigenvalue weighted by Crippen LogP contribution is -2.27. The molecule has 29 heavy (non-hydrogen) atoms. The molecule has 0 radical (unpaired) electrons. The highest BCUT2D eigenvalue weighted by Crippen LogP contribution is 2.34. The second-order valence-corrected chi connectivity index (χ2v) is 6.78. The topological polar surface area (TPSA) is 73.6 Å². The lowest BCUT2D eigenvalue weighted by atomic mass is 10.0. The highest BCUT2D eigenvalue weighted by Gasteiger charge is 2.26. The van der Waals surface area contributed by atoms with E-state index in [0.717, 1.165) is 5.56 Å². The van der Waals surface area contributed by atoms with Gasteiger partial charge in [0.15, 0.2) is 11.5 Å². The Morgan fingerprint density at radius 3 is 2.59 bits per heavy atom. The molecule has 3 rings (SSSR count). The van der Waals surface area contributed by atoms with Crippen LogP contribution < -0.4 is 14.8 Å². The molecule has 0 bridgehead atoms. The molecular weight excluding hydrogens is 399 g/mol. The fourth-order valence-electron chi connectivity index (χ4n) is 3.01. The van der Waals surface area contributed by atoms with E-state index in [9.17, 15) is 9.18 Å². The maximum Gasteiger partial charge on any atom is 0.257 e. The van der Waals surface area contributed by atoms with E-state index in [4.69, 9.17) is 25.6 Å². The summed E-state index contributed by atoms with van der Waals surface area (Å²) in [4.78, 5) is 13.0. The van der Waals surface area contributed by atoms with Crippen molar-refractivity contribution < 1.29 is 23.2 Å². The van der Waals surface area contributed by atoms with Crippen LogP contribution in [0.15, 0.2) is 40.9 Å². The predicted octanol–water partition coefficient (Wildman–Crippen LogP) is 4.95. The molecule has 152 valence electrons. The van der Waals surface area contributed by atoms with Crippen LogP contribution in [0.25, 0.3) is 11.3 Å². The molecule has 0 saturated carbocycles. The van der Waals surface area contributed by atoms with Crippen LogP contribution in [0.1, 0.15) is 34.6 Å². The molecule has 1 N–H and O–H groups in total. The zero-order valence-electron chi connectivity index (χ0n) is 16.4. The number of amides is 1. The number of nitrogens with zero attached hydrogens (tertiary/aromatic N) is 1. The summed E-state index contributed by atoms with van der Waals surface area (Å²) < 4.78 is 30.1. The van der Waals surface area contributed by atoms with Crippen LogP contribution in [0.4, 0.5) is 4.39 Å². The van der Waals surface area contributed by atoms with Gasteiger partial charge in [-0.15, -0.1) is 0 Å². The van der Waals surface area contributed by atoms with Crippen molar-refractivity contribution >= 4 is 17.5 Å². The van der Waals surface area contributed by atoms with E-state index in [1.165, 1.54) is 25.3 Å². The molecule has 0 spiro atoms. The Bertz CT molecular complexity index is 1030. The molecule has 0 saturated heterocycles. The first-order chi connectivity index (χ1) is 13.9. The van der Waals surface area contributed by atoms with Crippen LogP contribution in [-0.4, -0.2) is 25.3 Å². The van der Waals surface area contributed by atoms with E-state index >= 15 is 0 Å². The minimum Gasteiger partial charge on any atom is -0.493 e. The molecule has 0 fully saturated rings. The average molecular weight is 419 g/mol. The number of nitrogens with one attached hydrogen (secondary N) is 1. The average Bonchev–Trinajstić information content (AvgIpc) is 3.08. The van der Waals surface area contributed by atoms with Crippen LogP contribution in [0.3, 0.4) is 0 Å². The third-order valence-electron chi connectivity index (χ3n) is 4.54. The summed E-state index contributed by atoms with van der Waals surface area (Å²) in [6, 6.07) is 9.23. The second-order valence-electron chi connectivity index (χ2n) is 6.37. The molecule has 1 aromatic heterocycles. The Morgan fingerprint density at radius 1 is 1.21 bits per heavy atom. The molecule has 3 aromatic rings. The fraction of sp³-hybridized carbons (Fsp3) is 0.238. The van der Waals surface area contributed by atoms with Gasteiger partial charge in [0.1, 0.15) is 22.8 Å². The third-order valence-corrected chi connectivity index (χ3v) is 4.86. The number of aryl methyl sites for hydroxylation is 1. The maximum absolute atomic E-state index is 14.3. The largest absolute Gasteiger partial charge is 0.493 e. The van der Waals surface area contributed by atoms with Gasteiger partial charge in [-0.05, 0) is 43.7 Å². The molecule has 8 heteroatoms. The number of rotatable bonds is 6. The highest BCUT2D eigenvalue weighted by molar-refractivity contribution is 6.33. The molecule has 0 aliphatic carbocycles. The van der Waals surface area contributed by atoms with E-state index in [2.05, 4.69) is 10.5 Å². The minimum atomic E-state index is -0.590. The monoisotopic (exact) mass is 418 g/mol. The van der Waals surface area contributed by atoms with Crippen molar-refractivity contribution in [2.45, 2.75) is 19.9 Å². The Morgan fingerprint density at radius 2 is 1.93 bits per heavy atom. The summed E-state index contributed by atoms with van der Waals surface area (Å²) in [5.41, 5.74) is 1.01. The summed E-state index contributed by atoms with van der Waals surface area (Å²) >= 11 is 6.13. The number of hydrogen-bond donors (Lipinski definition) is 1. The van der Waals surface area contributed by atoms with Crippen LogP contribution in [0.2, 0.25) is 5.02 Å². The molecule has 1 atom stereocenters. The summed E-state index contributed by atoms with van der Waals surface area (Å²) in [7, 11) is 3.09. The summed E-state index contributed by atoms with van der Waals surface area (Å²) in [6.45, 7) is 3.40. The third kappa shape index (κ3) is 4.05. The van der Waals surface area contributed by atoms with Gasteiger partial charge >= 0.3 is 0 Å². The number of methoxy groups -OCH3 is 2. The van der Waals surface area contributed by atoms with Crippen LogP contribution in [0, 0.1) is 12.7 Å². The number of ether oxygens (including phenoxy) is 2. The van der Waals surface area contributed by atoms with Crippen LogP contribution >= 0.6 is 11.6 Å². The molecule has 1 amide bonds. The Kier molecular flexibility index (Phi) is 6.08. The van der Waals surface area contributed by atoms with Gasteiger partial charge in [0, 0.05) is 0 Å². The lowest BCUT2D eigenvalue weighted by molar-refractivity contribution is 0.0939. The molecule has 1 heterocycles. The van der Waals surface area contributed by atoms with E-state index < -0.39 is 11.7 Å². The van der Waals surface area contributed by atoms with Gasteiger partial charge in [-0.2, -0.15) is 0 Å².